The largest absolute Gasteiger partial charge is 0.399 e. The minimum absolute atomic E-state index is 0.0600. The molecule has 118 valence electrons. The van der Waals surface area contributed by atoms with Crippen LogP contribution < -0.4 is 11.1 Å². The molecule has 0 bridgehead atoms. The van der Waals surface area contributed by atoms with Gasteiger partial charge in [-0.3, -0.25) is 4.79 Å². The summed E-state index contributed by atoms with van der Waals surface area (Å²) in [5.41, 5.74) is 3.97. The van der Waals surface area contributed by atoms with Gasteiger partial charge in [-0.05, 0) is 18.2 Å². The summed E-state index contributed by atoms with van der Waals surface area (Å²) in [6.45, 7) is -2.06. The first-order valence-corrected chi connectivity index (χ1v) is 7.82. The van der Waals surface area contributed by atoms with E-state index in [-0.39, 0.29) is 16.1 Å². The van der Waals surface area contributed by atoms with Crippen molar-refractivity contribution >= 4 is 21.4 Å². The van der Waals surface area contributed by atoms with E-state index in [4.69, 9.17) is 21.1 Å². The van der Waals surface area contributed by atoms with Crippen molar-refractivity contribution in [1.82, 2.24) is 5.32 Å². The Morgan fingerprint density at radius 3 is 2.14 bits per heavy atom. The summed E-state index contributed by atoms with van der Waals surface area (Å²) in [6.07, 6.45) is 0.975. The maximum absolute atomic E-state index is 12.1. The second-order valence-corrected chi connectivity index (χ2v) is 6.79. The van der Waals surface area contributed by atoms with Crippen molar-refractivity contribution in [1.29, 1.82) is 0 Å². The van der Waals surface area contributed by atoms with Crippen LogP contribution in [-0.4, -0.2) is 61.3 Å². The number of carbonyl (C=O) groups is 1. The number of amides is 1. The molecule has 0 atom stereocenters. The lowest BCUT2D eigenvalue weighted by molar-refractivity contribution is 0.0375. The number of rotatable bonds is 6. The molecule has 0 saturated carbocycles. The molecule has 0 radical (unpaired) electrons. The van der Waals surface area contributed by atoms with E-state index >= 15 is 0 Å². The minimum Gasteiger partial charge on any atom is -0.399 e. The Bertz CT molecular complexity index is 616. The van der Waals surface area contributed by atoms with Crippen molar-refractivity contribution in [3.05, 3.63) is 23.8 Å². The Hall–Kier alpha value is -1.68. The van der Waals surface area contributed by atoms with Gasteiger partial charge in [0, 0.05) is 17.5 Å². The van der Waals surface area contributed by atoms with Gasteiger partial charge in [0.15, 0.2) is 9.84 Å². The molecule has 1 rings (SSSR count). The Kier molecular flexibility index (Phi) is 5.29. The highest BCUT2D eigenvalue weighted by molar-refractivity contribution is 7.90. The van der Waals surface area contributed by atoms with Gasteiger partial charge in [0.2, 0.25) is 0 Å². The first-order chi connectivity index (χ1) is 9.67. The Balaban J connectivity index is 3.17. The van der Waals surface area contributed by atoms with Crippen molar-refractivity contribution in [2.75, 3.05) is 31.8 Å². The number of anilines is 1. The van der Waals surface area contributed by atoms with Gasteiger partial charge in [-0.15, -0.1) is 0 Å². The summed E-state index contributed by atoms with van der Waals surface area (Å²) in [4.78, 5) is 11.9. The summed E-state index contributed by atoms with van der Waals surface area (Å²) in [6, 6.07) is 3.59. The number of sulfone groups is 1. The molecule has 8 nitrogen and oxygen atoms in total. The van der Waals surface area contributed by atoms with Crippen molar-refractivity contribution in [2.45, 2.75) is 10.4 Å². The second-order valence-electron chi connectivity index (χ2n) is 4.77. The predicted molar refractivity (Wildman–Crippen MR) is 75.4 cm³/mol. The lowest BCUT2D eigenvalue weighted by Crippen LogP contribution is -2.57. The molecule has 21 heavy (non-hydrogen) atoms. The molecule has 0 aliphatic rings. The highest BCUT2D eigenvalue weighted by Crippen LogP contribution is 2.17. The topological polar surface area (TPSA) is 150 Å². The van der Waals surface area contributed by atoms with Gasteiger partial charge in [0.05, 0.1) is 24.7 Å². The number of hydrogen-bond donors (Lipinski definition) is 5. The molecule has 1 aromatic rings. The summed E-state index contributed by atoms with van der Waals surface area (Å²) < 4.78 is 23.0. The number of aliphatic hydroxyl groups excluding tert-OH is 3. The van der Waals surface area contributed by atoms with Crippen molar-refractivity contribution in [3.63, 3.8) is 0 Å². The normalized spacial score (nSPS) is 12.2. The number of nitrogens with two attached hydrogens (primary N) is 1. The quantitative estimate of drug-likeness (QED) is 0.385. The Morgan fingerprint density at radius 2 is 1.71 bits per heavy atom. The van der Waals surface area contributed by atoms with Gasteiger partial charge < -0.3 is 26.4 Å². The molecule has 0 aliphatic carbocycles. The first-order valence-electron chi connectivity index (χ1n) is 5.93. The molecule has 0 heterocycles. The lowest BCUT2D eigenvalue weighted by atomic mass is 10.0. The SMILES string of the molecule is CS(=O)(=O)c1cc(N)cc(C(=O)NC(CO)(CO)CO)c1. The fourth-order valence-electron chi connectivity index (χ4n) is 1.55. The van der Waals surface area contributed by atoms with Crippen LogP contribution in [0.2, 0.25) is 0 Å². The highest BCUT2D eigenvalue weighted by atomic mass is 32.2. The molecule has 9 heteroatoms. The van der Waals surface area contributed by atoms with Gasteiger partial charge in [-0.1, -0.05) is 0 Å². The summed E-state index contributed by atoms with van der Waals surface area (Å²) in [5.74, 6) is -0.774. The number of hydrogen-bond acceptors (Lipinski definition) is 7. The summed E-state index contributed by atoms with van der Waals surface area (Å²) >= 11 is 0. The number of benzene rings is 1. The maximum Gasteiger partial charge on any atom is 0.252 e. The minimum atomic E-state index is -3.55. The molecule has 0 aliphatic heterocycles. The van der Waals surface area contributed by atoms with E-state index in [1.54, 1.807) is 0 Å². The third kappa shape index (κ3) is 4.14. The van der Waals surface area contributed by atoms with Crippen LogP contribution in [0.4, 0.5) is 5.69 Å². The van der Waals surface area contributed by atoms with Crippen molar-refractivity contribution < 1.29 is 28.5 Å². The van der Waals surface area contributed by atoms with E-state index in [2.05, 4.69) is 5.32 Å². The number of carbonyl (C=O) groups excluding carboxylic acids is 1. The molecule has 1 amide bonds. The molecule has 0 fully saturated rings. The molecular weight excluding hydrogens is 300 g/mol. The Morgan fingerprint density at radius 1 is 1.19 bits per heavy atom. The monoisotopic (exact) mass is 318 g/mol. The predicted octanol–water partition coefficient (Wildman–Crippen LogP) is -1.88. The third-order valence-electron chi connectivity index (χ3n) is 2.91. The number of nitrogen functional groups attached to an aromatic ring is 1. The number of nitrogens with one attached hydrogen (secondary N) is 1. The van der Waals surface area contributed by atoms with Gasteiger partial charge >= 0.3 is 0 Å². The van der Waals surface area contributed by atoms with Crippen LogP contribution in [0, 0.1) is 0 Å². The average molecular weight is 318 g/mol. The zero-order valence-electron chi connectivity index (χ0n) is 11.4. The average Bonchev–Trinajstić information content (AvgIpc) is 2.43. The van der Waals surface area contributed by atoms with E-state index < -0.39 is 41.1 Å². The van der Waals surface area contributed by atoms with E-state index in [1.807, 2.05) is 0 Å². The molecule has 6 N–H and O–H groups in total. The third-order valence-corrected chi connectivity index (χ3v) is 4.00. The molecule has 0 unspecified atom stereocenters. The lowest BCUT2D eigenvalue weighted by Gasteiger charge is -2.28. The fraction of sp³-hybridized carbons (Fsp3) is 0.417. The van der Waals surface area contributed by atoms with Crippen LogP contribution in [0.3, 0.4) is 0 Å². The van der Waals surface area contributed by atoms with Crippen molar-refractivity contribution in [3.8, 4) is 0 Å². The first kappa shape index (κ1) is 17.4. The summed E-state index contributed by atoms with van der Waals surface area (Å²) in [7, 11) is -3.55. The van der Waals surface area contributed by atoms with Crippen LogP contribution in [0.15, 0.2) is 23.1 Å². The standard InChI is InChI=1S/C12H18N2O6S/c1-21(19,20)10-3-8(2-9(13)4-10)11(18)14-12(5-15,6-16)7-17/h2-4,15-17H,5-7,13H2,1H3,(H,14,18). The fourth-order valence-corrected chi connectivity index (χ4v) is 2.24. The molecular formula is C12H18N2O6S. The molecule has 1 aromatic carbocycles. The van der Waals surface area contributed by atoms with Crippen LogP contribution in [-0.2, 0) is 9.84 Å². The zero-order chi connectivity index (χ0) is 16.3. The Labute approximate surface area is 122 Å². The second kappa shape index (κ2) is 6.39. The van der Waals surface area contributed by atoms with E-state index in [0.29, 0.717) is 0 Å². The van der Waals surface area contributed by atoms with Crippen molar-refractivity contribution in [2.24, 2.45) is 0 Å². The van der Waals surface area contributed by atoms with Gasteiger partial charge in [-0.2, -0.15) is 0 Å². The smallest absolute Gasteiger partial charge is 0.252 e. The van der Waals surface area contributed by atoms with Crippen LogP contribution >= 0.6 is 0 Å². The molecule has 0 saturated heterocycles. The van der Waals surface area contributed by atoms with Crippen LogP contribution in [0.1, 0.15) is 10.4 Å². The van der Waals surface area contributed by atoms with Gasteiger partial charge in [0.25, 0.3) is 5.91 Å². The zero-order valence-corrected chi connectivity index (χ0v) is 12.2. The van der Waals surface area contributed by atoms with Crippen LogP contribution in [0.5, 0.6) is 0 Å². The van der Waals surface area contributed by atoms with E-state index in [0.717, 1.165) is 12.3 Å². The van der Waals surface area contributed by atoms with Crippen LogP contribution in [0.25, 0.3) is 0 Å². The molecule has 0 aromatic heterocycles. The van der Waals surface area contributed by atoms with Gasteiger partial charge in [-0.25, -0.2) is 8.42 Å². The highest BCUT2D eigenvalue weighted by Gasteiger charge is 2.30. The van der Waals surface area contributed by atoms with Gasteiger partial charge in [0.1, 0.15) is 5.54 Å². The van der Waals surface area contributed by atoms with E-state index in [1.165, 1.54) is 12.1 Å². The van der Waals surface area contributed by atoms with E-state index in [9.17, 15) is 13.2 Å². The summed E-state index contributed by atoms with van der Waals surface area (Å²) in [5, 5.41) is 29.7. The molecule has 0 spiro atoms. The number of aliphatic hydroxyl groups is 3. The maximum atomic E-state index is 12.1.